The van der Waals surface area contributed by atoms with Gasteiger partial charge in [0.25, 0.3) is 5.91 Å². The minimum Gasteiger partial charge on any atom is -0.481 e. The van der Waals surface area contributed by atoms with E-state index in [0.29, 0.717) is 25.7 Å². The number of aliphatic carboxylic acids is 1. The first kappa shape index (κ1) is 27.0. The molecule has 33 heavy (non-hydrogen) atoms. The van der Waals surface area contributed by atoms with Crippen LogP contribution in [0.2, 0.25) is 0 Å². The number of benzene rings is 1. The zero-order valence-electron chi connectivity index (χ0n) is 19.7. The molecule has 184 valence electrons. The number of carboxylic acid groups (broad SMARTS) is 1. The number of aliphatic hydroxyl groups is 1. The van der Waals surface area contributed by atoms with Crippen LogP contribution in [0.4, 0.5) is 8.78 Å². The zero-order valence-corrected chi connectivity index (χ0v) is 19.7. The van der Waals surface area contributed by atoms with Crippen LogP contribution in [-0.2, 0) is 16.0 Å². The molecule has 0 radical (unpaired) electrons. The highest BCUT2D eigenvalue weighted by Crippen LogP contribution is 2.34. The molecule has 1 aliphatic heterocycles. The smallest absolute Gasteiger partial charge is 0.327 e. The van der Waals surface area contributed by atoms with E-state index >= 15 is 0 Å². The maximum absolute atomic E-state index is 14.0. The number of nitrogens with zero attached hydrogens (tertiary/aromatic N) is 1. The van der Waals surface area contributed by atoms with Gasteiger partial charge in [-0.15, -0.1) is 0 Å². The number of aliphatic hydroxyl groups excluding tert-OH is 1. The number of halogens is 2. The van der Waals surface area contributed by atoms with Crippen molar-refractivity contribution in [1.29, 1.82) is 0 Å². The molecule has 2 N–H and O–H groups in total. The summed E-state index contributed by atoms with van der Waals surface area (Å²) >= 11 is 0. The van der Waals surface area contributed by atoms with Gasteiger partial charge >= 0.3 is 11.9 Å². The Morgan fingerprint density at radius 2 is 1.97 bits per heavy atom. The summed E-state index contributed by atoms with van der Waals surface area (Å²) in [6.07, 6.45) is 6.95. The Hall–Kier alpha value is -2.28. The molecule has 2 rings (SSSR count). The Morgan fingerprint density at radius 1 is 1.24 bits per heavy atom. The average molecular weight is 466 g/mol. The molecular weight excluding hydrogens is 428 g/mol. The van der Waals surface area contributed by atoms with Crippen molar-refractivity contribution >= 4 is 11.9 Å². The van der Waals surface area contributed by atoms with Crippen molar-refractivity contribution in [1.82, 2.24) is 4.90 Å². The van der Waals surface area contributed by atoms with E-state index in [1.165, 1.54) is 16.0 Å². The third-order valence-electron chi connectivity index (χ3n) is 6.30. The van der Waals surface area contributed by atoms with E-state index in [-0.39, 0.29) is 18.9 Å². The lowest BCUT2D eigenvalue weighted by molar-refractivity contribution is -0.148. The molecule has 0 aliphatic carbocycles. The average Bonchev–Trinajstić information content (AvgIpc) is 2.96. The van der Waals surface area contributed by atoms with E-state index in [2.05, 4.69) is 25.1 Å². The van der Waals surface area contributed by atoms with Gasteiger partial charge in [-0.05, 0) is 50.5 Å². The molecular formula is C26H37F2NO4. The quantitative estimate of drug-likeness (QED) is 0.295. The van der Waals surface area contributed by atoms with Crippen LogP contribution in [-0.4, -0.2) is 51.6 Å². The Balaban J connectivity index is 1.82. The number of amides is 1. The highest BCUT2D eigenvalue weighted by Gasteiger charge is 2.52. The van der Waals surface area contributed by atoms with Crippen LogP contribution in [0.1, 0.15) is 69.4 Å². The van der Waals surface area contributed by atoms with E-state index in [0.717, 1.165) is 19.3 Å². The Bertz CT molecular complexity index is 811. The van der Waals surface area contributed by atoms with Gasteiger partial charge in [0.1, 0.15) is 0 Å². The topological polar surface area (TPSA) is 77.8 Å². The first-order valence-corrected chi connectivity index (χ1v) is 11.9. The molecule has 1 fully saturated rings. The molecule has 1 saturated heterocycles. The van der Waals surface area contributed by atoms with E-state index < -0.39 is 36.4 Å². The van der Waals surface area contributed by atoms with Gasteiger partial charge in [0.05, 0.1) is 12.1 Å². The minimum atomic E-state index is -3.39. The summed E-state index contributed by atoms with van der Waals surface area (Å²) in [5.74, 6) is -5.42. The van der Waals surface area contributed by atoms with Crippen LogP contribution in [0, 0.1) is 12.8 Å². The van der Waals surface area contributed by atoms with Gasteiger partial charge in [-0.1, -0.05) is 61.7 Å². The molecule has 1 aliphatic rings. The van der Waals surface area contributed by atoms with Crippen LogP contribution in [0.15, 0.2) is 36.4 Å². The monoisotopic (exact) mass is 465 g/mol. The fourth-order valence-electron chi connectivity index (χ4n) is 4.27. The van der Waals surface area contributed by atoms with Crippen molar-refractivity contribution < 1.29 is 28.6 Å². The van der Waals surface area contributed by atoms with Gasteiger partial charge in [0, 0.05) is 19.4 Å². The molecule has 1 aromatic carbocycles. The van der Waals surface area contributed by atoms with E-state index in [4.69, 9.17) is 5.11 Å². The number of likely N-dealkylation sites (tertiary alicyclic amines) is 1. The summed E-state index contributed by atoms with van der Waals surface area (Å²) in [5, 5.41) is 19.2. The van der Waals surface area contributed by atoms with E-state index in [1.54, 1.807) is 12.2 Å². The highest BCUT2D eigenvalue weighted by molar-refractivity contribution is 5.86. The molecule has 1 heterocycles. The van der Waals surface area contributed by atoms with Crippen LogP contribution in [0.25, 0.3) is 0 Å². The van der Waals surface area contributed by atoms with E-state index in [9.17, 15) is 23.5 Å². The number of rotatable bonds is 14. The SMILES string of the molecule is Cc1cccc(CCC[C@H](C)[C@H](O)C=CC2CC(F)(F)C(=O)N2CCCCCCC(=O)O)c1. The first-order valence-electron chi connectivity index (χ1n) is 11.9. The van der Waals surface area contributed by atoms with Crippen molar-refractivity contribution in [2.75, 3.05) is 6.54 Å². The Labute approximate surface area is 195 Å². The number of hydrogen-bond donors (Lipinski definition) is 2. The number of aryl methyl sites for hydroxylation is 2. The summed E-state index contributed by atoms with van der Waals surface area (Å²) in [5.41, 5.74) is 2.48. The molecule has 0 bridgehead atoms. The molecule has 1 unspecified atom stereocenters. The summed E-state index contributed by atoms with van der Waals surface area (Å²) in [7, 11) is 0. The predicted molar refractivity (Wildman–Crippen MR) is 124 cm³/mol. The van der Waals surface area contributed by atoms with Gasteiger partial charge < -0.3 is 15.1 Å². The van der Waals surface area contributed by atoms with Gasteiger partial charge in [-0.2, -0.15) is 8.78 Å². The van der Waals surface area contributed by atoms with Crippen molar-refractivity contribution in [3.8, 4) is 0 Å². The highest BCUT2D eigenvalue weighted by atomic mass is 19.3. The van der Waals surface area contributed by atoms with Gasteiger partial charge in [-0.3, -0.25) is 9.59 Å². The Kier molecular flexibility index (Phi) is 10.5. The van der Waals surface area contributed by atoms with E-state index in [1.807, 2.05) is 13.0 Å². The molecule has 7 heteroatoms. The van der Waals surface area contributed by atoms with Crippen molar-refractivity contribution in [3.63, 3.8) is 0 Å². The fraction of sp³-hybridized carbons (Fsp3) is 0.615. The molecule has 0 saturated carbocycles. The second-order valence-corrected chi connectivity index (χ2v) is 9.27. The fourth-order valence-corrected chi connectivity index (χ4v) is 4.27. The third-order valence-corrected chi connectivity index (χ3v) is 6.30. The second kappa shape index (κ2) is 12.8. The van der Waals surface area contributed by atoms with Gasteiger partial charge in [-0.25, -0.2) is 0 Å². The number of carbonyl (C=O) groups is 2. The maximum Gasteiger partial charge on any atom is 0.327 e. The third kappa shape index (κ3) is 8.88. The maximum atomic E-state index is 14.0. The molecule has 3 atom stereocenters. The van der Waals surface area contributed by atoms with Crippen molar-refractivity contribution in [2.24, 2.45) is 5.92 Å². The molecule has 1 amide bonds. The van der Waals surface area contributed by atoms with Gasteiger partial charge in [0.2, 0.25) is 0 Å². The normalized spacial score (nSPS) is 19.8. The number of hydrogen-bond acceptors (Lipinski definition) is 3. The summed E-state index contributed by atoms with van der Waals surface area (Å²) in [4.78, 5) is 23.9. The number of unbranched alkanes of at least 4 members (excludes halogenated alkanes) is 3. The van der Waals surface area contributed by atoms with Crippen LogP contribution in [0.5, 0.6) is 0 Å². The van der Waals surface area contributed by atoms with Crippen molar-refractivity contribution in [3.05, 3.63) is 47.5 Å². The summed E-state index contributed by atoms with van der Waals surface area (Å²) in [6, 6.07) is 7.60. The zero-order chi connectivity index (χ0) is 24.4. The lowest BCUT2D eigenvalue weighted by Crippen LogP contribution is -2.36. The summed E-state index contributed by atoms with van der Waals surface area (Å²) < 4.78 is 28.1. The van der Waals surface area contributed by atoms with Crippen LogP contribution in [0.3, 0.4) is 0 Å². The molecule has 0 spiro atoms. The lowest BCUT2D eigenvalue weighted by Gasteiger charge is -2.22. The predicted octanol–water partition coefficient (Wildman–Crippen LogP) is 5.14. The van der Waals surface area contributed by atoms with Crippen molar-refractivity contribution in [2.45, 2.75) is 89.7 Å². The van der Waals surface area contributed by atoms with Crippen LogP contribution < -0.4 is 0 Å². The van der Waals surface area contributed by atoms with Gasteiger partial charge in [0.15, 0.2) is 0 Å². The number of carboxylic acids is 1. The Morgan fingerprint density at radius 3 is 2.67 bits per heavy atom. The second-order valence-electron chi connectivity index (χ2n) is 9.27. The first-order chi connectivity index (χ1) is 15.6. The molecule has 1 aromatic rings. The largest absolute Gasteiger partial charge is 0.481 e. The van der Waals surface area contributed by atoms with Crippen LogP contribution >= 0.6 is 0 Å². The number of alkyl halides is 2. The minimum absolute atomic E-state index is 0.0219. The number of carbonyl (C=O) groups excluding carboxylic acids is 1. The lowest BCUT2D eigenvalue weighted by atomic mass is 9.95. The molecule has 5 nitrogen and oxygen atoms in total. The molecule has 0 aromatic heterocycles. The summed E-state index contributed by atoms with van der Waals surface area (Å²) in [6.45, 7) is 4.20. The standard InChI is InChI=1S/C26H37F2NO4/c1-19-9-7-11-21(17-19)12-8-10-20(2)23(30)15-14-22-18-26(27,28)25(33)29(22)16-6-4-3-5-13-24(31)32/h7,9,11,14-15,17,20,22-23,30H,3-6,8,10,12-13,16,18H2,1-2H3,(H,31,32)/t20-,22?,23+/m0/s1.